The molecule has 4 rings (SSSR count). The molecule has 3 heterocycles. The third-order valence-corrected chi connectivity index (χ3v) is 10.5. The minimum atomic E-state index is -1.39. The summed E-state index contributed by atoms with van der Waals surface area (Å²) in [5.41, 5.74) is 0.246. The predicted octanol–water partition coefficient (Wildman–Crippen LogP) is 2.88. The summed E-state index contributed by atoms with van der Waals surface area (Å²) in [4.78, 5) is 15.7. The van der Waals surface area contributed by atoms with Crippen LogP contribution in [0.3, 0.4) is 0 Å². The number of benzene rings is 1. The molecule has 9 nitrogen and oxygen atoms in total. The first kappa shape index (κ1) is 32.6. The lowest BCUT2D eigenvalue weighted by Crippen LogP contribution is -2.65. The molecule has 1 amide bonds. The van der Waals surface area contributed by atoms with Crippen molar-refractivity contribution in [2.75, 3.05) is 19.8 Å². The van der Waals surface area contributed by atoms with Crippen molar-refractivity contribution < 1.29 is 24.9 Å². The fourth-order valence-electron chi connectivity index (χ4n) is 5.31. The van der Waals surface area contributed by atoms with Crippen LogP contribution in [0.15, 0.2) is 34.7 Å². The summed E-state index contributed by atoms with van der Waals surface area (Å²) in [6.45, 7) is 4.97. The van der Waals surface area contributed by atoms with Crippen LogP contribution in [0.4, 0.5) is 0 Å². The number of rotatable bonds is 10. The summed E-state index contributed by atoms with van der Waals surface area (Å²) < 4.78 is 6.83. The fourth-order valence-corrected chi connectivity index (χ4v) is 8.23. The van der Waals surface area contributed by atoms with E-state index in [0.29, 0.717) is 5.92 Å². The Kier molecular flexibility index (Phi) is 12.3. The molecule has 0 saturated carbocycles. The van der Waals surface area contributed by atoms with Crippen molar-refractivity contribution in [3.63, 3.8) is 0 Å². The number of carbonyl (C=O) groups is 1. The lowest BCUT2D eigenvalue weighted by atomic mass is 9.92. The molecule has 0 aliphatic carbocycles. The van der Waals surface area contributed by atoms with Crippen molar-refractivity contribution in [1.82, 2.24) is 20.4 Å². The van der Waals surface area contributed by atoms with Crippen LogP contribution in [0.25, 0.3) is 10.6 Å². The van der Waals surface area contributed by atoms with Gasteiger partial charge in [-0.05, 0) is 32.1 Å². The molecule has 0 radical (unpaired) electrons. The number of halogens is 1. The van der Waals surface area contributed by atoms with Crippen LogP contribution >= 0.6 is 47.3 Å². The van der Waals surface area contributed by atoms with Gasteiger partial charge in [0, 0.05) is 17.4 Å². The number of carbonyl (C=O) groups excluding carboxylic acids is 1. The highest BCUT2D eigenvalue weighted by Gasteiger charge is 2.49. The molecule has 2 aliphatic heterocycles. The van der Waals surface area contributed by atoms with Crippen LogP contribution in [0.1, 0.15) is 33.1 Å². The molecule has 1 aromatic heterocycles. The van der Waals surface area contributed by atoms with Crippen molar-refractivity contribution in [2.24, 2.45) is 5.92 Å². The van der Waals surface area contributed by atoms with E-state index >= 15 is 0 Å². The lowest BCUT2D eigenvalue weighted by Gasteiger charge is -2.44. The first-order chi connectivity index (χ1) is 18.2. The highest BCUT2D eigenvalue weighted by molar-refractivity contribution is 8.01. The van der Waals surface area contributed by atoms with E-state index in [1.165, 1.54) is 34.9 Å². The molecule has 4 N–H and O–H groups in total. The quantitative estimate of drug-likeness (QED) is 0.295. The van der Waals surface area contributed by atoms with E-state index in [1.807, 2.05) is 44.3 Å². The van der Waals surface area contributed by atoms with Crippen LogP contribution in [0.2, 0.25) is 0 Å². The first-order valence-electron chi connectivity index (χ1n) is 13.0. The number of nitrogens with one attached hydrogen (secondary N) is 1. The Morgan fingerprint density at radius 2 is 1.92 bits per heavy atom. The molecule has 2 saturated heterocycles. The molecule has 2 aliphatic rings. The third kappa shape index (κ3) is 7.66. The second-order valence-corrected chi connectivity index (χ2v) is 13.7. The van der Waals surface area contributed by atoms with Crippen molar-refractivity contribution >= 4 is 53.2 Å². The van der Waals surface area contributed by atoms with E-state index in [2.05, 4.69) is 27.3 Å². The summed E-state index contributed by atoms with van der Waals surface area (Å²) in [6, 6.07) is 8.88. The molecule has 0 spiro atoms. The van der Waals surface area contributed by atoms with Gasteiger partial charge < -0.3 is 25.4 Å². The molecular weight excluding hydrogens is 580 g/mol. The number of aliphatic hydroxyl groups excluding tert-OH is 3. The monoisotopic (exact) mass is 618 g/mol. The number of hydrogen-bond acceptors (Lipinski definition) is 11. The van der Waals surface area contributed by atoms with E-state index in [-0.39, 0.29) is 29.6 Å². The fraction of sp³-hybridized carbons (Fsp3) is 0.654. The third-order valence-electron chi connectivity index (χ3n) is 7.36. The number of ether oxygens (including phenoxy) is 1. The Balaban J connectivity index is 0.00000420. The predicted molar refractivity (Wildman–Crippen MR) is 159 cm³/mol. The summed E-state index contributed by atoms with van der Waals surface area (Å²) in [5, 5.41) is 44.3. The molecule has 9 atom stereocenters. The zero-order valence-electron chi connectivity index (χ0n) is 22.5. The zero-order valence-corrected chi connectivity index (χ0v) is 25.8. The first-order valence-corrected chi connectivity index (χ1v) is 16.0. The average Bonchev–Trinajstić information content (AvgIpc) is 3.53. The molecule has 0 unspecified atom stereocenters. The normalized spacial score (nSPS) is 30.9. The SMILES string of the molecule is CCC[C@@H]1C[C@@H](C(=O)N[C@@H]([C@H]2O[C@H](SC)[C@H](O)[C@@H](O)[C@H]2O)[C@H](C)Sc2nnc(-c3ccccc3)s2)N(C)C1.Cl. The number of likely N-dealkylation sites (N-methyl/N-ethyl adjacent to an activating group) is 1. The lowest BCUT2D eigenvalue weighted by molar-refractivity contribution is -0.205. The van der Waals surface area contributed by atoms with Crippen molar-refractivity contribution in [3.8, 4) is 10.6 Å². The smallest absolute Gasteiger partial charge is 0.237 e. The van der Waals surface area contributed by atoms with E-state index in [4.69, 9.17) is 4.74 Å². The van der Waals surface area contributed by atoms with E-state index in [1.54, 1.807) is 6.26 Å². The van der Waals surface area contributed by atoms with Crippen molar-refractivity contribution in [2.45, 2.75) is 84.6 Å². The molecule has 1 aromatic carbocycles. The summed E-state index contributed by atoms with van der Waals surface area (Å²) in [5.74, 6) is 0.348. The second-order valence-electron chi connectivity index (χ2n) is 10.1. The van der Waals surface area contributed by atoms with E-state index < -0.39 is 35.9 Å². The van der Waals surface area contributed by atoms with Gasteiger partial charge in [0.05, 0.1) is 12.1 Å². The Morgan fingerprint density at radius 3 is 2.59 bits per heavy atom. The van der Waals surface area contributed by atoms with Crippen LogP contribution in [-0.4, -0.2) is 103 Å². The molecule has 2 aromatic rings. The van der Waals surface area contributed by atoms with Gasteiger partial charge in [0.1, 0.15) is 34.9 Å². The summed E-state index contributed by atoms with van der Waals surface area (Å²) in [7, 11) is 1.97. The van der Waals surface area contributed by atoms with Gasteiger partial charge >= 0.3 is 0 Å². The summed E-state index contributed by atoms with van der Waals surface area (Å²) >= 11 is 4.16. The van der Waals surface area contributed by atoms with Gasteiger partial charge in [-0.1, -0.05) is 73.7 Å². The molecule has 0 bridgehead atoms. The minimum Gasteiger partial charge on any atom is -0.388 e. The number of aliphatic hydroxyl groups is 3. The number of amides is 1. The highest BCUT2D eigenvalue weighted by Crippen LogP contribution is 2.36. The largest absolute Gasteiger partial charge is 0.388 e. The topological polar surface area (TPSA) is 128 Å². The standard InChI is InChI=1S/C26H38N4O5S3.ClH/c1-5-9-15-12-17(30(3)13-15)23(34)27-18(22-20(32)19(31)21(33)25(35-22)36-4)14(2)37-26-29-28-24(38-26)16-10-7-6-8-11-16;/h6-8,10-11,14-15,17-22,25,31-33H,5,9,12-13H2,1-4H3,(H,27,34);1H/t14-,15+,17-,18+,19-,20+,21+,22+,25+;/m0./s1. The Morgan fingerprint density at radius 1 is 1.21 bits per heavy atom. The Bertz CT molecular complexity index is 1050. The number of aromatic nitrogens is 2. The second kappa shape index (κ2) is 14.8. The van der Waals surface area contributed by atoms with Gasteiger partial charge in [-0.3, -0.25) is 9.69 Å². The average molecular weight is 619 g/mol. The van der Waals surface area contributed by atoms with Gasteiger partial charge in [-0.25, -0.2) is 0 Å². The molecule has 2 fully saturated rings. The number of hydrogen-bond donors (Lipinski definition) is 4. The number of thioether (sulfide) groups is 2. The maximum absolute atomic E-state index is 13.6. The maximum Gasteiger partial charge on any atom is 0.237 e. The maximum atomic E-state index is 13.6. The van der Waals surface area contributed by atoms with Gasteiger partial charge in [-0.15, -0.1) is 34.4 Å². The molecule has 39 heavy (non-hydrogen) atoms. The van der Waals surface area contributed by atoms with Gasteiger partial charge in [0.25, 0.3) is 0 Å². The number of nitrogens with zero attached hydrogens (tertiary/aromatic N) is 3. The van der Waals surface area contributed by atoms with Crippen LogP contribution in [-0.2, 0) is 9.53 Å². The number of likely N-dealkylation sites (tertiary alicyclic amines) is 1. The summed E-state index contributed by atoms with van der Waals surface area (Å²) in [6.07, 6.45) is -0.204. The Hall–Kier alpha value is -0.960. The van der Waals surface area contributed by atoms with Crippen molar-refractivity contribution in [1.29, 1.82) is 0 Å². The molecule has 218 valence electrons. The zero-order chi connectivity index (χ0) is 27.4. The molecular formula is C26H39ClN4O5S3. The Labute approximate surface area is 248 Å². The van der Waals surface area contributed by atoms with Crippen LogP contribution < -0.4 is 5.32 Å². The van der Waals surface area contributed by atoms with Gasteiger partial charge in [0.15, 0.2) is 4.34 Å². The van der Waals surface area contributed by atoms with Crippen LogP contribution in [0, 0.1) is 5.92 Å². The van der Waals surface area contributed by atoms with Gasteiger partial charge in [-0.2, -0.15) is 0 Å². The highest BCUT2D eigenvalue weighted by atomic mass is 35.5. The van der Waals surface area contributed by atoms with Crippen molar-refractivity contribution in [3.05, 3.63) is 30.3 Å². The minimum absolute atomic E-state index is 0. The molecule has 13 heteroatoms. The van der Waals surface area contributed by atoms with Crippen LogP contribution in [0.5, 0.6) is 0 Å². The van der Waals surface area contributed by atoms with E-state index in [0.717, 1.165) is 40.7 Å². The van der Waals surface area contributed by atoms with E-state index in [9.17, 15) is 20.1 Å². The van der Waals surface area contributed by atoms with Gasteiger partial charge in [0.2, 0.25) is 5.91 Å².